The van der Waals surface area contributed by atoms with Gasteiger partial charge in [-0.3, -0.25) is 4.79 Å². The Hall–Kier alpha value is -0.320. The van der Waals surface area contributed by atoms with Crippen LogP contribution in [0.2, 0.25) is 0 Å². The Kier molecular flexibility index (Phi) is 8.76. The highest BCUT2D eigenvalue weighted by atomic mass is 35.5. The molecule has 1 saturated heterocycles. The number of hydrogen-bond donors (Lipinski definition) is 2. The van der Waals surface area contributed by atoms with Crippen molar-refractivity contribution in [3.8, 4) is 0 Å². The molecule has 1 aliphatic rings. The van der Waals surface area contributed by atoms with Crippen molar-refractivity contribution in [2.45, 2.75) is 32.7 Å². The van der Waals surface area contributed by atoms with Gasteiger partial charge in [-0.05, 0) is 50.6 Å². The average molecular weight is 236 g/mol. The maximum Gasteiger partial charge on any atom is 0.311 e. The van der Waals surface area contributed by atoms with Gasteiger partial charge in [0, 0.05) is 6.04 Å². The first-order valence-electron chi connectivity index (χ1n) is 5.51. The van der Waals surface area contributed by atoms with Gasteiger partial charge in [-0.1, -0.05) is 13.8 Å². The summed E-state index contributed by atoms with van der Waals surface area (Å²) in [5.74, 6) is 0. The second-order valence-electron chi connectivity index (χ2n) is 3.51. The van der Waals surface area contributed by atoms with E-state index < -0.39 is 5.37 Å². The molecule has 0 spiro atoms. The van der Waals surface area contributed by atoms with Crippen LogP contribution >= 0.6 is 11.6 Å². The minimum atomic E-state index is -0.861. The van der Waals surface area contributed by atoms with E-state index in [2.05, 4.69) is 41.4 Å². The molecule has 0 unspecified atom stereocenters. The summed E-state index contributed by atoms with van der Waals surface area (Å²) in [4.78, 5) is 11.6. The van der Waals surface area contributed by atoms with Gasteiger partial charge in [-0.25, -0.2) is 0 Å². The molecular weight excluding hydrogens is 214 g/mol. The molecular formula is C10H22ClN3O. The van der Waals surface area contributed by atoms with E-state index in [0.29, 0.717) is 0 Å². The standard InChI is InChI=1S/C9H20N2.CH2ClNO/c1-3-11(4-2)9-5-7-10-8-6-9;2-1(3)4/h9-10H,3-8H2,1-2H3;(H2,3,4). The Morgan fingerprint density at radius 1 is 1.40 bits per heavy atom. The molecule has 1 heterocycles. The molecule has 15 heavy (non-hydrogen) atoms. The average Bonchev–Trinajstić information content (AvgIpc) is 2.20. The number of piperidine rings is 1. The van der Waals surface area contributed by atoms with Crippen LogP contribution in [0, 0.1) is 0 Å². The molecule has 90 valence electrons. The molecule has 0 saturated carbocycles. The number of nitrogens with two attached hydrogens (primary N) is 1. The second kappa shape index (κ2) is 8.95. The van der Waals surface area contributed by atoms with E-state index in [1.165, 1.54) is 39.0 Å². The second-order valence-corrected chi connectivity index (χ2v) is 3.88. The van der Waals surface area contributed by atoms with Gasteiger partial charge in [0.05, 0.1) is 0 Å². The first kappa shape index (κ1) is 14.7. The van der Waals surface area contributed by atoms with E-state index in [9.17, 15) is 0 Å². The lowest BCUT2D eigenvalue weighted by Gasteiger charge is -2.32. The van der Waals surface area contributed by atoms with Crippen molar-refractivity contribution in [2.75, 3.05) is 26.2 Å². The summed E-state index contributed by atoms with van der Waals surface area (Å²) < 4.78 is 0. The number of nitrogens with one attached hydrogen (secondary N) is 1. The molecule has 0 aromatic carbocycles. The van der Waals surface area contributed by atoms with Crippen LogP contribution in [-0.2, 0) is 0 Å². The fraction of sp³-hybridized carbons (Fsp3) is 0.900. The van der Waals surface area contributed by atoms with E-state index in [1.807, 2.05) is 0 Å². The van der Waals surface area contributed by atoms with Crippen LogP contribution in [0.15, 0.2) is 0 Å². The maximum absolute atomic E-state index is 8.99. The summed E-state index contributed by atoms with van der Waals surface area (Å²) in [6, 6.07) is 0.853. The molecule has 0 radical (unpaired) electrons. The monoisotopic (exact) mass is 235 g/mol. The molecule has 0 bridgehead atoms. The van der Waals surface area contributed by atoms with Crippen molar-refractivity contribution >= 4 is 17.0 Å². The number of halogens is 1. The van der Waals surface area contributed by atoms with E-state index in [0.717, 1.165) is 6.04 Å². The van der Waals surface area contributed by atoms with Crippen molar-refractivity contribution in [3.63, 3.8) is 0 Å². The van der Waals surface area contributed by atoms with E-state index >= 15 is 0 Å². The van der Waals surface area contributed by atoms with Crippen molar-refractivity contribution in [1.29, 1.82) is 0 Å². The molecule has 1 fully saturated rings. The highest BCUT2D eigenvalue weighted by Crippen LogP contribution is 2.10. The molecule has 4 nitrogen and oxygen atoms in total. The third-order valence-electron chi connectivity index (χ3n) is 2.64. The topological polar surface area (TPSA) is 58.4 Å². The lowest BCUT2D eigenvalue weighted by atomic mass is 10.1. The highest BCUT2D eigenvalue weighted by Gasteiger charge is 2.17. The van der Waals surface area contributed by atoms with Gasteiger partial charge in [0.1, 0.15) is 0 Å². The molecule has 3 N–H and O–H groups in total. The van der Waals surface area contributed by atoms with Gasteiger partial charge >= 0.3 is 5.37 Å². The van der Waals surface area contributed by atoms with Crippen molar-refractivity contribution in [3.05, 3.63) is 0 Å². The predicted octanol–water partition coefficient (Wildman–Crippen LogP) is 1.38. The van der Waals surface area contributed by atoms with Crippen LogP contribution in [0.3, 0.4) is 0 Å². The van der Waals surface area contributed by atoms with Gasteiger partial charge in [0.2, 0.25) is 0 Å². The van der Waals surface area contributed by atoms with Crippen LogP contribution < -0.4 is 11.1 Å². The molecule has 0 aromatic heterocycles. The number of primary amides is 1. The number of hydrogen-bond acceptors (Lipinski definition) is 3. The number of amides is 1. The predicted molar refractivity (Wildman–Crippen MR) is 64.2 cm³/mol. The molecule has 1 rings (SSSR count). The highest BCUT2D eigenvalue weighted by molar-refractivity contribution is 6.62. The smallest absolute Gasteiger partial charge is 0.311 e. The number of carbonyl (C=O) groups excluding carboxylic acids is 1. The van der Waals surface area contributed by atoms with Gasteiger partial charge in [-0.2, -0.15) is 0 Å². The van der Waals surface area contributed by atoms with Gasteiger partial charge in [-0.15, -0.1) is 0 Å². The molecule has 1 aliphatic heterocycles. The Bertz CT molecular complexity index is 164. The zero-order chi connectivity index (χ0) is 11.7. The Morgan fingerprint density at radius 3 is 2.13 bits per heavy atom. The van der Waals surface area contributed by atoms with Crippen molar-refractivity contribution in [2.24, 2.45) is 5.73 Å². The molecule has 0 aliphatic carbocycles. The number of nitrogens with zero attached hydrogens (tertiary/aromatic N) is 1. The summed E-state index contributed by atoms with van der Waals surface area (Å²) in [6.45, 7) is 9.35. The van der Waals surface area contributed by atoms with Crippen LogP contribution in [0.4, 0.5) is 4.79 Å². The largest absolute Gasteiger partial charge is 0.356 e. The zero-order valence-electron chi connectivity index (χ0n) is 9.63. The third kappa shape index (κ3) is 7.59. The van der Waals surface area contributed by atoms with Crippen LogP contribution in [-0.4, -0.2) is 42.5 Å². The number of rotatable bonds is 3. The summed E-state index contributed by atoms with van der Waals surface area (Å²) in [7, 11) is 0. The Balaban J connectivity index is 0.000000423. The van der Waals surface area contributed by atoms with E-state index in [1.54, 1.807) is 0 Å². The van der Waals surface area contributed by atoms with Gasteiger partial charge < -0.3 is 16.0 Å². The van der Waals surface area contributed by atoms with Gasteiger partial charge in [0.25, 0.3) is 0 Å². The SMILES string of the molecule is CCN(CC)C1CCNCC1.NC(=O)Cl. The molecule has 1 amide bonds. The normalized spacial score (nSPS) is 17.1. The molecule has 5 heteroatoms. The summed E-state index contributed by atoms with van der Waals surface area (Å²) >= 11 is 4.41. The first-order valence-corrected chi connectivity index (χ1v) is 5.89. The van der Waals surface area contributed by atoms with E-state index in [-0.39, 0.29) is 0 Å². The van der Waals surface area contributed by atoms with Crippen LogP contribution in [0.5, 0.6) is 0 Å². The van der Waals surface area contributed by atoms with Crippen LogP contribution in [0.1, 0.15) is 26.7 Å². The third-order valence-corrected chi connectivity index (χ3v) is 2.64. The maximum atomic E-state index is 8.99. The van der Waals surface area contributed by atoms with E-state index in [4.69, 9.17) is 4.79 Å². The molecule has 0 atom stereocenters. The Labute approximate surface area is 97.1 Å². The first-order chi connectivity index (χ1) is 7.11. The minimum Gasteiger partial charge on any atom is -0.356 e. The number of carbonyl (C=O) groups is 1. The quantitative estimate of drug-likeness (QED) is 0.574. The lowest BCUT2D eigenvalue weighted by Crippen LogP contribution is -2.42. The Morgan fingerprint density at radius 2 is 1.80 bits per heavy atom. The summed E-state index contributed by atoms with van der Waals surface area (Å²) in [5.41, 5.74) is 4.24. The zero-order valence-corrected chi connectivity index (χ0v) is 10.4. The van der Waals surface area contributed by atoms with Crippen molar-refractivity contribution in [1.82, 2.24) is 10.2 Å². The summed E-state index contributed by atoms with van der Waals surface area (Å²) in [6.07, 6.45) is 2.67. The van der Waals surface area contributed by atoms with Crippen LogP contribution in [0.25, 0.3) is 0 Å². The van der Waals surface area contributed by atoms with Gasteiger partial charge in [0.15, 0.2) is 0 Å². The molecule has 0 aromatic rings. The minimum absolute atomic E-state index is 0.853. The summed E-state index contributed by atoms with van der Waals surface area (Å²) in [5, 5.41) is 2.53. The fourth-order valence-corrected chi connectivity index (χ4v) is 1.91. The fourth-order valence-electron chi connectivity index (χ4n) is 1.91. The van der Waals surface area contributed by atoms with Crippen molar-refractivity contribution < 1.29 is 4.79 Å². The lowest BCUT2D eigenvalue weighted by molar-refractivity contribution is 0.178.